The van der Waals surface area contributed by atoms with Gasteiger partial charge in [-0.05, 0) is 55.9 Å². The smallest absolute Gasteiger partial charge is 0.275 e. The fourth-order valence-electron chi connectivity index (χ4n) is 5.01. The second kappa shape index (κ2) is 10.1. The molecule has 2 aromatic heterocycles. The molecule has 0 saturated carbocycles. The third-order valence-electron chi connectivity index (χ3n) is 7.21. The van der Waals surface area contributed by atoms with Crippen LogP contribution < -0.4 is 4.74 Å². The zero-order valence-corrected chi connectivity index (χ0v) is 22.6. The number of carbonyl (C=O) groups excluding carboxylic acids is 1. The number of hydrogen-bond donors (Lipinski definition) is 0. The maximum atomic E-state index is 13.7. The Hall–Kier alpha value is -3.19. The Morgan fingerprint density at radius 3 is 2.64 bits per heavy atom. The molecule has 36 heavy (non-hydrogen) atoms. The summed E-state index contributed by atoms with van der Waals surface area (Å²) in [6.07, 6.45) is 3.30. The van der Waals surface area contributed by atoms with E-state index < -0.39 is 0 Å². The Labute approximate surface area is 216 Å². The summed E-state index contributed by atoms with van der Waals surface area (Å²) in [5.41, 5.74) is 4.50. The molecule has 1 saturated heterocycles. The maximum Gasteiger partial charge on any atom is 0.275 e. The van der Waals surface area contributed by atoms with Crippen molar-refractivity contribution in [3.63, 3.8) is 0 Å². The summed E-state index contributed by atoms with van der Waals surface area (Å²) in [6.45, 7) is 10.2. The molecule has 3 heterocycles. The standard InChI is InChI=1S/C29H34N4O2S/c1-6-20-12-14-32(15-13-20)28(34)26-23-16-19(4)10-11-24(23)33(31-26)29-30-25(27(36-29)18(2)3)21-8-7-9-22(17-21)35-5/h7-11,16-18,20H,6,12-15H2,1-5H3. The van der Waals surface area contributed by atoms with Crippen molar-refractivity contribution in [3.05, 3.63) is 58.6 Å². The summed E-state index contributed by atoms with van der Waals surface area (Å²) in [4.78, 5) is 21.9. The van der Waals surface area contributed by atoms with Crippen LogP contribution in [0.1, 0.15) is 66.9 Å². The van der Waals surface area contributed by atoms with Crippen molar-refractivity contribution < 1.29 is 9.53 Å². The zero-order chi connectivity index (χ0) is 25.4. The van der Waals surface area contributed by atoms with Crippen LogP contribution >= 0.6 is 11.3 Å². The molecule has 0 aliphatic carbocycles. The first-order valence-electron chi connectivity index (χ1n) is 12.8. The van der Waals surface area contributed by atoms with Crippen LogP contribution in [0.25, 0.3) is 27.3 Å². The van der Waals surface area contributed by atoms with E-state index in [1.54, 1.807) is 18.4 Å². The lowest BCUT2D eigenvalue weighted by Gasteiger charge is -2.31. The number of fused-ring (bicyclic) bond motifs is 1. The summed E-state index contributed by atoms with van der Waals surface area (Å²) in [5, 5.41) is 6.57. The Kier molecular flexibility index (Phi) is 6.84. The maximum absolute atomic E-state index is 13.7. The van der Waals surface area contributed by atoms with Crippen LogP contribution in [0.3, 0.4) is 0 Å². The SMILES string of the molecule is CCC1CCN(C(=O)c2nn(-c3nc(-c4cccc(OC)c4)c(C(C)C)s3)c3ccc(C)cc23)CC1. The van der Waals surface area contributed by atoms with Gasteiger partial charge in [-0.1, -0.05) is 62.3 Å². The molecule has 5 rings (SSSR count). The number of thiazole rings is 1. The van der Waals surface area contributed by atoms with Gasteiger partial charge in [0.15, 0.2) is 5.69 Å². The summed E-state index contributed by atoms with van der Waals surface area (Å²) in [5.74, 6) is 1.83. The van der Waals surface area contributed by atoms with Gasteiger partial charge in [0.2, 0.25) is 5.13 Å². The first kappa shape index (κ1) is 24.5. The number of likely N-dealkylation sites (tertiary alicyclic amines) is 1. The van der Waals surface area contributed by atoms with E-state index in [1.165, 1.54) is 11.3 Å². The fourth-order valence-corrected chi connectivity index (χ4v) is 6.06. The van der Waals surface area contributed by atoms with Crippen LogP contribution in [-0.2, 0) is 0 Å². The van der Waals surface area contributed by atoms with E-state index in [0.717, 1.165) is 64.5 Å². The Morgan fingerprint density at radius 2 is 1.94 bits per heavy atom. The number of piperidine rings is 1. The van der Waals surface area contributed by atoms with E-state index in [1.807, 2.05) is 27.8 Å². The van der Waals surface area contributed by atoms with Crippen molar-refractivity contribution in [2.75, 3.05) is 20.2 Å². The Morgan fingerprint density at radius 1 is 1.17 bits per heavy atom. The van der Waals surface area contributed by atoms with Crippen LogP contribution in [0, 0.1) is 12.8 Å². The minimum atomic E-state index is 0.0209. The second-order valence-corrected chi connectivity index (χ2v) is 11.0. The number of benzene rings is 2. The molecule has 0 atom stereocenters. The Balaban J connectivity index is 1.60. The van der Waals surface area contributed by atoms with E-state index in [-0.39, 0.29) is 5.91 Å². The minimum Gasteiger partial charge on any atom is -0.497 e. The van der Waals surface area contributed by atoms with Gasteiger partial charge in [-0.15, -0.1) is 0 Å². The van der Waals surface area contributed by atoms with Crippen LogP contribution in [0.4, 0.5) is 0 Å². The molecule has 4 aromatic rings. The van der Waals surface area contributed by atoms with Crippen molar-refractivity contribution in [1.82, 2.24) is 19.7 Å². The molecule has 1 fully saturated rings. The van der Waals surface area contributed by atoms with E-state index >= 15 is 0 Å². The molecular weight excluding hydrogens is 468 g/mol. The number of carbonyl (C=O) groups is 1. The van der Waals surface area contributed by atoms with Crippen molar-refractivity contribution in [3.8, 4) is 22.1 Å². The average molecular weight is 503 g/mol. The molecule has 188 valence electrons. The zero-order valence-electron chi connectivity index (χ0n) is 21.7. The number of hydrogen-bond acceptors (Lipinski definition) is 5. The summed E-state index contributed by atoms with van der Waals surface area (Å²) in [6, 6.07) is 14.2. The molecule has 0 spiro atoms. The van der Waals surface area contributed by atoms with Gasteiger partial charge in [0.25, 0.3) is 5.91 Å². The fraction of sp³-hybridized carbons (Fsp3) is 0.414. The van der Waals surface area contributed by atoms with Gasteiger partial charge in [-0.3, -0.25) is 4.79 Å². The molecule has 1 aliphatic heterocycles. The molecule has 0 radical (unpaired) electrons. The molecule has 0 N–H and O–H groups in total. The Bertz CT molecular complexity index is 1400. The largest absolute Gasteiger partial charge is 0.497 e. The highest BCUT2D eigenvalue weighted by atomic mass is 32.1. The van der Waals surface area contributed by atoms with Crippen LogP contribution in [-0.4, -0.2) is 45.8 Å². The van der Waals surface area contributed by atoms with E-state index in [2.05, 4.69) is 52.0 Å². The number of aromatic nitrogens is 3. The average Bonchev–Trinajstić information content (AvgIpc) is 3.50. The van der Waals surface area contributed by atoms with E-state index in [9.17, 15) is 4.79 Å². The number of nitrogens with zero attached hydrogens (tertiary/aromatic N) is 4. The highest BCUT2D eigenvalue weighted by Gasteiger charge is 2.28. The predicted octanol–water partition coefficient (Wildman–Crippen LogP) is 6.85. The lowest BCUT2D eigenvalue weighted by Crippen LogP contribution is -2.38. The molecule has 0 unspecified atom stereocenters. The van der Waals surface area contributed by atoms with Crippen LogP contribution in [0.2, 0.25) is 0 Å². The summed E-state index contributed by atoms with van der Waals surface area (Å²) >= 11 is 1.64. The monoisotopic (exact) mass is 502 g/mol. The number of rotatable bonds is 6. The van der Waals surface area contributed by atoms with Gasteiger partial charge in [0.05, 0.1) is 18.3 Å². The predicted molar refractivity (Wildman–Crippen MR) is 146 cm³/mol. The number of methoxy groups -OCH3 is 1. The molecular formula is C29H34N4O2S. The third-order valence-corrected chi connectivity index (χ3v) is 8.54. The van der Waals surface area contributed by atoms with Gasteiger partial charge in [0, 0.05) is 28.9 Å². The highest BCUT2D eigenvalue weighted by Crippen LogP contribution is 2.38. The molecule has 0 bridgehead atoms. The van der Waals surface area contributed by atoms with Crippen LogP contribution in [0.15, 0.2) is 42.5 Å². The molecule has 1 aliphatic rings. The van der Waals surface area contributed by atoms with E-state index in [0.29, 0.717) is 17.5 Å². The topological polar surface area (TPSA) is 60.2 Å². The van der Waals surface area contributed by atoms with Gasteiger partial charge < -0.3 is 9.64 Å². The van der Waals surface area contributed by atoms with E-state index in [4.69, 9.17) is 14.8 Å². The van der Waals surface area contributed by atoms with Crippen molar-refractivity contribution in [2.45, 2.75) is 52.9 Å². The van der Waals surface area contributed by atoms with Gasteiger partial charge >= 0.3 is 0 Å². The molecule has 1 amide bonds. The first-order chi connectivity index (χ1) is 17.4. The minimum absolute atomic E-state index is 0.0209. The van der Waals surface area contributed by atoms with Gasteiger partial charge in [-0.25, -0.2) is 9.67 Å². The van der Waals surface area contributed by atoms with Gasteiger partial charge in [0.1, 0.15) is 5.75 Å². The van der Waals surface area contributed by atoms with Crippen molar-refractivity contribution in [2.24, 2.45) is 5.92 Å². The normalized spacial score (nSPS) is 14.7. The summed E-state index contributed by atoms with van der Waals surface area (Å²) in [7, 11) is 1.68. The molecule has 6 nitrogen and oxygen atoms in total. The molecule has 2 aromatic carbocycles. The lowest BCUT2D eigenvalue weighted by atomic mass is 9.94. The third kappa shape index (κ3) is 4.52. The van der Waals surface area contributed by atoms with Crippen LogP contribution in [0.5, 0.6) is 5.75 Å². The van der Waals surface area contributed by atoms with Crippen molar-refractivity contribution in [1.29, 1.82) is 0 Å². The highest BCUT2D eigenvalue weighted by molar-refractivity contribution is 7.14. The second-order valence-electron chi connectivity index (χ2n) is 10.0. The summed E-state index contributed by atoms with van der Waals surface area (Å²) < 4.78 is 7.32. The number of ether oxygens (including phenoxy) is 1. The quantitative estimate of drug-likeness (QED) is 0.289. The lowest BCUT2D eigenvalue weighted by molar-refractivity contribution is 0.0684. The molecule has 7 heteroatoms. The number of aryl methyl sites for hydroxylation is 1. The van der Waals surface area contributed by atoms with Crippen molar-refractivity contribution >= 4 is 28.1 Å². The first-order valence-corrected chi connectivity index (χ1v) is 13.6. The number of amides is 1. The van der Waals surface area contributed by atoms with Gasteiger partial charge in [-0.2, -0.15) is 5.10 Å².